The number of carbonyl (C=O) groups is 1. The summed E-state index contributed by atoms with van der Waals surface area (Å²) in [4.78, 5) is 14.9. The van der Waals surface area contributed by atoms with Gasteiger partial charge in [-0.2, -0.15) is 0 Å². The average Bonchev–Trinajstić information content (AvgIpc) is 3.31. The highest BCUT2D eigenvalue weighted by atomic mass is 35.5. The lowest BCUT2D eigenvalue weighted by Gasteiger charge is -2.23. The van der Waals surface area contributed by atoms with Crippen LogP contribution in [0.4, 0.5) is 10.5 Å². The number of amides is 2. The summed E-state index contributed by atoms with van der Waals surface area (Å²) in [6.07, 6.45) is 6.53. The van der Waals surface area contributed by atoms with Crippen LogP contribution in [0.3, 0.4) is 0 Å². The van der Waals surface area contributed by atoms with Gasteiger partial charge < -0.3 is 25.0 Å². The van der Waals surface area contributed by atoms with E-state index in [0.717, 1.165) is 25.6 Å². The van der Waals surface area contributed by atoms with Crippen LogP contribution in [-0.4, -0.2) is 50.8 Å². The molecule has 6 nitrogen and oxygen atoms in total. The molecular weight excluding hydrogens is 354 g/mol. The van der Waals surface area contributed by atoms with E-state index < -0.39 is 0 Å². The Morgan fingerprint density at radius 3 is 2.62 bits per heavy atom. The van der Waals surface area contributed by atoms with E-state index in [1.807, 2.05) is 0 Å². The molecule has 2 amide bonds. The molecule has 144 valence electrons. The Morgan fingerprint density at radius 2 is 1.92 bits per heavy atom. The summed E-state index contributed by atoms with van der Waals surface area (Å²) in [6.45, 7) is 2.92. The molecule has 1 aliphatic heterocycles. The summed E-state index contributed by atoms with van der Waals surface area (Å²) in [5.41, 5.74) is 0.523. The molecule has 1 saturated heterocycles. The molecule has 0 radical (unpaired) electrons. The average molecular weight is 382 g/mol. The van der Waals surface area contributed by atoms with Crippen molar-refractivity contribution in [3.63, 3.8) is 0 Å². The van der Waals surface area contributed by atoms with E-state index in [-0.39, 0.29) is 6.03 Å². The SMILES string of the molecule is COc1cc(OC)c(NC(=O)NC[C@H]2CCN(C3CCCC3)C2)cc1Cl. The molecule has 1 aromatic carbocycles. The second-order valence-electron chi connectivity index (χ2n) is 7.11. The zero-order valence-electron chi connectivity index (χ0n) is 15.5. The maximum Gasteiger partial charge on any atom is 0.319 e. The van der Waals surface area contributed by atoms with Crippen molar-refractivity contribution >= 4 is 23.3 Å². The molecule has 1 atom stereocenters. The van der Waals surface area contributed by atoms with Crippen molar-refractivity contribution in [2.24, 2.45) is 5.92 Å². The van der Waals surface area contributed by atoms with Gasteiger partial charge in [0.25, 0.3) is 0 Å². The lowest BCUT2D eigenvalue weighted by Crippen LogP contribution is -2.35. The first-order chi connectivity index (χ1) is 12.6. The Bertz CT molecular complexity index is 635. The molecule has 2 fully saturated rings. The minimum Gasteiger partial charge on any atom is -0.495 e. The van der Waals surface area contributed by atoms with Crippen LogP contribution in [0.15, 0.2) is 12.1 Å². The van der Waals surface area contributed by atoms with E-state index in [2.05, 4.69) is 15.5 Å². The molecule has 0 spiro atoms. The van der Waals surface area contributed by atoms with Crippen LogP contribution in [0.2, 0.25) is 5.02 Å². The highest BCUT2D eigenvalue weighted by molar-refractivity contribution is 6.32. The zero-order chi connectivity index (χ0) is 18.5. The minimum absolute atomic E-state index is 0.246. The van der Waals surface area contributed by atoms with Crippen LogP contribution in [0, 0.1) is 5.92 Å². The number of rotatable bonds is 6. The lowest BCUT2D eigenvalue weighted by atomic mass is 10.1. The first-order valence-electron chi connectivity index (χ1n) is 9.31. The largest absolute Gasteiger partial charge is 0.495 e. The van der Waals surface area contributed by atoms with Gasteiger partial charge in [0.1, 0.15) is 11.5 Å². The third-order valence-electron chi connectivity index (χ3n) is 5.43. The van der Waals surface area contributed by atoms with E-state index in [9.17, 15) is 4.79 Å². The third kappa shape index (κ3) is 4.54. The van der Waals surface area contributed by atoms with E-state index in [0.29, 0.717) is 34.7 Å². The number of methoxy groups -OCH3 is 2. The number of hydrogen-bond acceptors (Lipinski definition) is 4. The fourth-order valence-electron chi connectivity index (χ4n) is 3.99. The van der Waals surface area contributed by atoms with Gasteiger partial charge in [0.05, 0.1) is 24.9 Å². The van der Waals surface area contributed by atoms with Crippen LogP contribution < -0.4 is 20.1 Å². The van der Waals surface area contributed by atoms with Gasteiger partial charge in [-0.05, 0) is 37.8 Å². The predicted octanol–water partition coefficient (Wildman–Crippen LogP) is 3.74. The smallest absolute Gasteiger partial charge is 0.319 e. The summed E-state index contributed by atoms with van der Waals surface area (Å²) >= 11 is 6.14. The molecule has 0 aromatic heterocycles. The van der Waals surface area contributed by atoms with Gasteiger partial charge in [0.2, 0.25) is 0 Å². The number of carbonyl (C=O) groups excluding carboxylic acids is 1. The van der Waals surface area contributed by atoms with Gasteiger partial charge in [0, 0.05) is 25.2 Å². The second kappa shape index (κ2) is 8.82. The first-order valence-corrected chi connectivity index (χ1v) is 9.69. The van der Waals surface area contributed by atoms with Crippen molar-refractivity contribution in [2.45, 2.75) is 38.1 Å². The number of halogens is 1. The molecule has 26 heavy (non-hydrogen) atoms. The first kappa shape index (κ1) is 19.1. The van der Waals surface area contributed by atoms with Gasteiger partial charge in [-0.15, -0.1) is 0 Å². The number of nitrogens with one attached hydrogen (secondary N) is 2. The number of benzene rings is 1. The van der Waals surface area contributed by atoms with Crippen LogP contribution >= 0.6 is 11.6 Å². The summed E-state index contributed by atoms with van der Waals surface area (Å²) in [7, 11) is 3.08. The van der Waals surface area contributed by atoms with Crippen molar-refractivity contribution in [2.75, 3.05) is 39.2 Å². The van der Waals surface area contributed by atoms with Crippen LogP contribution in [0.1, 0.15) is 32.1 Å². The number of urea groups is 1. The molecule has 7 heteroatoms. The third-order valence-corrected chi connectivity index (χ3v) is 5.73. The van der Waals surface area contributed by atoms with Crippen molar-refractivity contribution < 1.29 is 14.3 Å². The van der Waals surface area contributed by atoms with Crippen molar-refractivity contribution in [1.29, 1.82) is 0 Å². The number of likely N-dealkylation sites (tertiary alicyclic amines) is 1. The minimum atomic E-state index is -0.246. The number of hydrogen-bond donors (Lipinski definition) is 2. The Hall–Kier alpha value is -1.66. The Labute approximate surface area is 160 Å². The molecule has 2 aliphatic rings. The van der Waals surface area contributed by atoms with E-state index in [4.69, 9.17) is 21.1 Å². The number of nitrogens with zero attached hydrogens (tertiary/aromatic N) is 1. The molecule has 2 N–H and O–H groups in total. The summed E-state index contributed by atoms with van der Waals surface area (Å²) in [6, 6.07) is 3.81. The van der Waals surface area contributed by atoms with E-state index >= 15 is 0 Å². The molecular formula is C19H28ClN3O3. The van der Waals surface area contributed by atoms with Gasteiger partial charge in [-0.1, -0.05) is 24.4 Å². The summed E-state index contributed by atoms with van der Waals surface area (Å²) in [5.74, 6) is 1.53. The molecule has 1 aliphatic carbocycles. The van der Waals surface area contributed by atoms with Crippen LogP contribution in [0.5, 0.6) is 11.5 Å². The Kier molecular flexibility index (Phi) is 6.48. The van der Waals surface area contributed by atoms with Crippen molar-refractivity contribution in [3.8, 4) is 11.5 Å². The highest BCUT2D eigenvalue weighted by Gasteiger charge is 2.29. The lowest BCUT2D eigenvalue weighted by molar-refractivity contribution is 0.234. The second-order valence-corrected chi connectivity index (χ2v) is 7.52. The normalized spacial score (nSPS) is 21.0. The fraction of sp³-hybridized carbons (Fsp3) is 0.632. The van der Waals surface area contributed by atoms with E-state index in [1.54, 1.807) is 19.2 Å². The summed E-state index contributed by atoms with van der Waals surface area (Å²) in [5, 5.41) is 6.21. The number of anilines is 1. The zero-order valence-corrected chi connectivity index (χ0v) is 16.3. The molecule has 1 aromatic rings. The molecule has 0 unspecified atom stereocenters. The van der Waals surface area contributed by atoms with Gasteiger partial charge in [-0.25, -0.2) is 4.79 Å². The van der Waals surface area contributed by atoms with Gasteiger partial charge >= 0.3 is 6.03 Å². The summed E-state index contributed by atoms with van der Waals surface area (Å²) < 4.78 is 10.5. The van der Waals surface area contributed by atoms with Crippen LogP contribution in [0.25, 0.3) is 0 Å². The monoisotopic (exact) mass is 381 g/mol. The van der Waals surface area contributed by atoms with Crippen molar-refractivity contribution in [1.82, 2.24) is 10.2 Å². The maximum absolute atomic E-state index is 12.3. The molecule has 1 heterocycles. The molecule has 3 rings (SSSR count). The quantitative estimate of drug-likeness (QED) is 0.787. The van der Waals surface area contributed by atoms with Crippen molar-refractivity contribution in [3.05, 3.63) is 17.2 Å². The Balaban J connectivity index is 1.49. The van der Waals surface area contributed by atoms with Gasteiger partial charge in [0.15, 0.2) is 0 Å². The highest BCUT2D eigenvalue weighted by Crippen LogP contribution is 2.35. The topological polar surface area (TPSA) is 62.8 Å². The standard InChI is InChI=1S/C19H28ClN3O3/c1-25-17-10-18(26-2)16(9-15(17)20)22-19(24)21-11-13-7-8-23(12-13)14-5-3-4-6-14/h9-10,13-14H,3-8,11-12H2,1-2H3,(H2,21,22,24)/t13-/m1/s1. The number of ether oxygens (including phenoxy) is 2. The van der Waals surface area contributed by atoms with Crippen LogP contribution in [-0.2, 0) is 0 Å². The molecule has 1 saturated carbocycles. The maximum atomic E-state index is 12.3. The van der Waals surface area contributed by atoms with Gasteiger partial charge in [-0.3, -0.25) is 0 Å². The van der Waals surface area contributed by atoms with E-state index in [1.165, 1.54) is 32.8 Å². The molecule has 0 bridgehead atoms. The fourth-order valence-corrected chi connectivity index (χ4v) is 4.23. The predicted molar refractivity (Wildman–Crippen MR) is 104 cm³/mol. The Morgan fingerprint density at radius 1 is 1.19 bits per heavy atom.